The molecule has 21 heavy (non-hydrogen) atoms. The van der Waals surface area contributed by atoms with Crippen molar-refractivity contribution in [2.45, 2.75) is 25.4 Å². The van der Waals surface area contributed by atoms with E-state index < -0.39 is 17.9 Å². The summed E-state index contributed by atoms with van der Waals surface area (Å²) in [6, 6.07) is 4.41. The maximum Gasteiger partial charge on any atom is 0.303 e. The zero-order chi connectivity index (χ0) is 15.8. The van der Waals surface area contributed by atoms with Crippen LogP contribution in [0, 0.1) is 0 Å². The maximum absolute atomic E-state index is 11.8. The molecule has 1 amide bonds. The third-order valence-electron chi connectivity index (χ3n) is 2.95. The van der Waals surface area contributed by atoms with Gasteiger partial charge in [-0.2, -0.15) is 0 Å². The molecule has 0 aliphatic rings. The molecule has 1 atom stereocenters. The number of ether oxygens (including phenoxy) is 2. The Hall–Kier alpha value is -2.28. The van der Waals surface area contributed by atoms with Crippen LogP contribution in [0.4, 0.5) is 0 Å². The van der Waals surface area contributed by atoms with Gasteiger partial charge in [0, 0.05) is 24.6 Å². The van der Waals surface area contributed by atoms with Crippen LogP contribution in [-0.2, 0) is 16.1 Å². The van der Waals surface area contributed by atoms with Crippen molar-refractivity contribution >= 4 is 11.9 Å². The third-order valence-corrected chi connectivity index (χ3v) is 2.95. The van der Waals surface area contributed by atoms with Crippen LogP contribution in [0.1, 0.15) is 18.4 Å². The molecule has 0 saturated carbocycles. The topological polar surface area (TPSA) is 111 Å². The highest BCUT2D eigenvalue weighted by atomic mass is 16.5. The lowest BCUT2D eigenvalue weighted by molar-refractivity contribution is -0.137. The predicted octanol–water partition coefficient (Wildman–Crippen LogP) is 0.512. The van der Waals surface area contributed by atoms with Crippen molar-refractivity contribution in [3.8, 4) is 11.5 Å². The van der Waals surface area contributed by atoms with Crippen molar-refractivity contribution in [2.75, 3.05) is 14.2 Å². The molecule has 1 rings (SSSR count). The van der Waals surface area contributed by atoms with Gasteiger partial charge in [-0.15, -0.1) is 0 Å². The normalized spacial score (nSPS) is 11.6. The molecule has 1 unspecified atom stereocenters. The zero-order valence-electron chi connectivity index (χ0n) is 12.1. The molecule has 0 heterocycles. The second kappa shape index (κ2) is 8.11. The number of aliphatic carboxylic acids is 1. The molecule has 4 N–H and O–H groups in total. The molecular weight excluding hydrogens is 276 g/mol. The second-order valence-electron chi connectivity index (χ2n) is 4.43. The number of benzene rings is 1. The Morgan fingerprint density at radius 2 is 2.05 bits per heavy atom. The lowest BCUT2D eigenvalue weighted by Crippen LogP contribution is -2.40. The number of carboxylic acid groups (broad SMARTS) is 1. The van der Waals surface area contributed by atoms with Crippen LogP contribution in [0.3, 0.4) is 0 Å². The monoisotopic (exact) mass is 296 g/mol. The van der Waals surface area contributed by atoms with Crippen molar-refractivity contribution < 1.29 is 24.2 Å². The van der Waals surface area contributed by atoms with Gasteiger partial charge in [-0.3, -0.25) is 9.59 Å². The summed E-state index contributed by atoms with van der Waals surface area (Å²) in [5.74, 6) is -0.127. The number of nitrogens with one attached hydrogen (secondary N) is 1. The van der Waals surface area contributed by atoms with Gasteiger partial charge in [-0.25, -0.2) is 0 Å². The lowest BCUT2D eigenvalue weighted by Gasteiger charge is -2.14. The molecule has 116 valence electrons. The number of carbonyl (C=O) groups is 2. The predicted molar refractivity (Wildman–Crippen MR) is 76.2 cm³/mol. The summed E-state index contributed by atoms with van der Waals surface area (Å²) in [5.41, 5.74) is 6.39. The number of nitrogens with two attached hydrogens (primary N) is 1. The van der Waals surface area contributed by atoms with Crippen LogP contribution >= 0.6 is 0 Å². The Labute approximate surface area is 123 Å². The number of methoxy groups -OCH3 is 2. The summed E-state index contributed by atoms with van der Waals surface area (Å²) in [5, 5.41) is 11.2. The molecule has 0 spiro atoms. The zero-order valence-corrected chi connectivity index (χ0v) is 12.1. The van der Waals surface area contributed by atoms with E-state index in [1.165, 1.54) is 7.11 Å². The first kappa shape index (κ1) is 16.8. The van der Waals surface area contributed by atoms with Crippen LogP contribution in [0.25, 0.3) is 0 Å². The molecule has 0 aliphatic carbocycles. The molecule has 0 saturated heterocycles. The molecule has 0 fully saturated rings. The van der Waals surface area contributed by atoms with Crippen molar-refractivity contribution in [1.29, 1.82) is 0 Å². The summed E-state index contributed by atoms with van der Waals surface area (Å²) in [6.45, 7) is 0.243. The average molecular weight is 296 g/mol. The van der Waals surface area contributed by atoms with Crippen LogP contribution < -0.4 is 20.5 Å². The Balaban J connectivity index is 2.58. The van der Waals surface area contributed by atoms with Gasteiger partial charge in [-0.05, 0) is 18.6 Å². The Kier molecular flexibility index (Phi) is 6.48. The smallest absolute Gasteiger partial charge is 0.303 e. The highest BCUT2D eigenvalue weighted by Gasteiger charge is 2.15. The van der Waals surface area contributed by atoms with Crippen molar-refractivity contribution in [3.63, 3.8) is 0 Å². The number of hydrogen-bond acceptors (Lipinski definition) is 5. The molecule has 1 aromatic rings. The first-order chi connectivity index (χ1) is 9.97. The van der Waals surface area contributed by atoms with Gasteiger partial charge in [0.25, 0.3) is 0 Å². The first-order valence-corrected chi connectivity index (χ1v) is 6.44. The Bertz CT molecular complexity index is 504. The number of carboxylic acids is 1. The summed E-state index contributed by atoms with van der Waals surface area (Å²) in [6.07, 6.45) is -0.0403. The third kappa shape index (κ3) is 5.31. The van der Waals surface area contributed by atoms with Crippen LogP contribution in [-0.4, -0.2) is 37.2 Å². The minimum absolute atomic E-state index is 0.0981. The first-order valence-electron chi connectivity index (χ1n) is 6.44. The largest absolute Gasteiger partial charge is 0.497 e. The number of carbonyl (C=O) groups excluding carboxylic acids is 1. The summed E-state index contributed by atoms with van der Waals surface area (Å²) in [4.78, 5) is 22.2. The second-order valence-corrected chi connectivity index (χ2v) is 4.43. The van der Waals surface area contributed by atoms with Crippen LogP contribution in [0.2, 0.25) is 0 Å². The molecule has 7 nitrogen and oxygen atoms in total. The van der Waals surface area contributed by atoms with Gasteiger partial charge in [0.1, 0.15) is 11.5 Å². The van der Waals surface area contributed by atoms with Gasteiger partial charge in [0.2, 0.25) is 5.91 Å². The Morgan fingerprint density at radius 1 is 1.33 bits per heavy atom. The summed E-state index contributed by atoms with van der Waals surface area (Å²) in [7, 11) is 3.08. The summed E-state index contributed by atoms with van der Waals surface area (Å²) >= 11 is 0. The fourth-order valence-corrected chi connectivity index (χ4v) is 1.72. The highest BCUT2D eigenvalue weighted by Crippen LogP contribution is 2.24. The minimum atomic E-state index is -0.977. The van der Waals surface area contributed by atoms with Crippen molar-refractivity contribution in [2.24, 2.45) is 5.73 Å². The van der Waals surface area contributed by atoms with Crippen molar-refractivity contribution in [3.05, 3.63) is 23.8 Å². The van der Waals surface area contributed by atoms with E-state index in [4.69, 9.17) is 20.3 Å². The average Bonchev–Trinajstić information content (AvgIpc) is 2.49. The molecule has 0 aliphatic heterocycles. The molecule has 0 bridgehead atoms. The molecule has 0 radical (unpaired) electrons. The summed E-state index contributed by atoms with van der Waals surface area (Å²) < 4.78 is 10.3. The number of hydrogen-bond donors (Lipinski definition) is 3. The van der Waals surface area contributed by atoms with Gasteiger partial charge in [-0.1, -0.05) is 0 Å². The van der Waals surface area contributed by atoms with Gasteiger partial charge in [0.15, 0.2) is 0 Å². The van der Waals surface area contributed by atoms with E-state index in [-0.39, 0.29) is 19.4 Å². The fourth-order valence-electron chi connectivity index (χ4n) is 1.72. The van der Waals surface area contributed by atoms with Crippen LogP contribution in [0.5, 0.6) is 11.5 Å². The minimum Gasteiger partial charge on any atom is -0.497 e. The quantitative estimate of drug-likeness (QED) is 0.644. The number of amides is 1. The fraction of sp³-hybridized carbons (Fsp3) is 0.429. The van der Waals surface area contributed by atoms with E-state index in [9.17, 15) is 9.59 Å². The molecule has 1 aromatic carbocycles. The highest BCUT2D eigenvalue weighted by molar-refractivity contribution is 5.82. The number of rotatable bonds is 8. The van der Waals surface area contributed by atoms with E-state index >= 15 is 0 Å². The SMILES string of the molecule is COc1ccc(CNC(=O)C(N)CCC(=O)O)c(OC)c1. The molecular formula is C14H20N2O5. The van der Waals surface area contributed by atoms with E-state index in [0.717, 1.165) is 5.56 Å². The standard InChI is InChI=1S/C14H20N2O5/c1-20-10-4-3-9(12(7-10)21-2)8-16-14(19)11(15)5-6-13(17)18/h3-4,7,11H,5-6,8,15H2,1-2H3,(H,16,19)(H,17,18). The van der Waals surface area contributed by atoms with Crippen molar-refractivity contribution in [1.82, 2.24) is 5.32 Å². The van der Waals surface area contributed by atoms with E-state index in [0.29, 0.717) is 11.5 Å². The lowest BCUT2D eigenvalue weighted by atomic mass is 10.1. The maximum atomic E-state index is 11.8. The van der Waals surface area contributed by atoms with Gasteiger partial charge in [0.05, 0.1) is 20.3 Å². The van der Waals surface area contributed by atoms with Gasteiger partial charge >= 0.3 is 5.97 Å². The van der Waals surface area contributed by atoms with Crippen LogP contribution in [0.15, 0.2) is 18.2 Å². The van der Waals surface area contributed by atoms with E-state index in [1.54, 1.807) is 25.3 Å². The van der Waals surface area contributed by atoms with E-state index in [1.807, 2.05) is 0 Å². The van der Waals surface area contributed by atoms with Gasteiger partial charge < -0.3 is 25.6 Å². The van der Waals surface area contributed by atoms with E-state index in [2.05, 4.69) is 5.32 Å². The molecule has 7 heteroatoms. The Morgan fingerprint density at radius 3 is 2.62 bits per heavy atom. The molecule has 0 aromatic heterocycles.